The van der Waals surface area contributed by atoms with Crippen LogP contribution in [0.15, 0.2) is 18.2 Å². The Balaban J connectivity index is 2.81. The fraction of sp³-hybridized carbons (Fsp3) is 0.400. The van der Waals surface area contributed by atoms with Gasteiger partial charge in [-0.25, -0.2) is 4.39 Å². The van der Waals surface area contributed by atoms with Crippen LogP contribution in [0.25, 0.3) is 0 Å². The third kappa shape index (κ3) is 3.43. The van der Waals surface area contributed by atoms with Crippen molar-refractivity contribution in [1.29, 1.82) is 0 Å². The summed E-state index contributed by atoms with van der Waals surface area (Å²) < 4.78 is 18.7. The van der Waals surface area contributed by atoms with Gasteiger partial charge >= 0.3 is 0 Å². The first-order valence-electron chi connectivity index (χ1n) is 4.67. The first-order chi connectivity index (χ1) is 7.19. The Hall–Kier alpha value is -0.680. The lowest BCUT2D eigenvalue weighted by Gasteiger charge is -2.16. The molecule has 0 amide bonds. The van der Waals surface area contributed by atoms with Gasteiger partial charge in [0.15, 0.2) is 0 Å². The number of hydrogen-bond donors (Lipinski definition) is 2. The lowest BCUT2D eigenvalue weighted by molar-refractivity contribution is 0.122. The predicted molar refractivity (Wildman–Crippen MR) is 58.0 cm³/mol. The summed E-state index contributed by atoms with van der Waals surface area (Å²) in [7, 11) is 0. The molecule has 1 unspecified atom stereocenters. The van der Waals surface area contributed by atoms with Crippen LogP contribution in [-0.4, -0.2) is 13.2 Å². The summed E-state index contributed by atoms with van der Waals surface area (Å²) in [5, 5.41) is 0.364. The summed E-state index contributed by atoms with van der Waals surface area (Å²) in [5.41, 5.74) is 2.96. The van der Waals surface area contributed by atoms with Crippen molar-refractivity contribution >= 4 is 11.6 Å². The molecule has 1 aromatic rings. The van der Waals surface area contributed by atoms with Crippen LogP contribution in [0.3, 0.4) is 0 Å². The van der Waals surface area contributed by atoms with E-state index in [1.807, 2.05) is 6.92 Å². The van der Waals surface area contributed by atoms with Gasteiger partial charge in [0.2, 0.25) is 0 Å². The molecule has 0 aromatic heterocycles. The molecule has 3 N–H and O–H groups in total. The van der Waals surface area contributed by atoms with E-state index < -0.39 is 0 Å². The van der Waals surface area contributed by atoms with Gasteiger partial charge < -0.3 is 4.74 Å². The van der Waals surface area contributed by atoms with Crippen molar-refractivity contribution < 1.29 is 9.13 Å². The van der Waals surface area contributed by atoms with Gasteiger partial charge in [0.25, 0.3) is 0 Å². The quantitative estimate of drug-likeness (QED) is 0.603. The van der Waals surface area contributed by atoms with E-state index in [1.165, 1.54) is 6.07 Å². The van der Waals surface area contributed by atoms with Gasteiger partial charge in [-0.1, -0.05) is 17.7 Å². The van der Waals surface area contributed by atoms with E-state index in [0.717, 1.165) is 0 Å². The number of ether oxygens (including phenoxy) is 1. The molecule has 1 rings (SSSR count). The largest absolute Gasteiger partial charge is 0.380 e. The molecule has 0 aliphatic carbocycles. The van der Waals surface area contributed by atoms with Crippen LogP contribution in [0.4, 0.5) is 4.39 Å². The number of nitrogens with one attached hydrogen (secondary N) is 1. The van der Waals surface area contributed by atoms with Crippen LogP contribution in [0, 0.1) is 5.82 Å². The van der Waals surface area contributed by atoms with Gasteiger partial charge in [0.1, 0.15) is 5.82 Å². The summed E-state index contributed by atoms with van der Waals surface area (Å²) in [6.45, 7) is 2.75. The van der Waals surface area contributed by atoms with Crippen LogP contribution < -0.4 is 11.3 Å². The maximum atomic E-state index is 13.5. The maximum Gasteiger partial charge on any atom is 0.129 e. The second kappa shape index (κ2) is 6.02. The Labute approximate surface area is 93.3 Å². The lowest BCUT2D eigenvalue weighted by atomic mass is 10.1. The second-order valence-electron chi connectivity index (χ2n) is 3.04. The van der Waals surface area contributed by atoms with Crippen LogP contribution in [0.2, 0.25) is 5.02 Å². The number of benzene rings is 1. The minimum Gasteiger partial charge on any atom is -0.380 e. The summed E-state index contributed by atoms with van der Waals surface area (Å²) in [6.07, 6.45) is 0. The normalized spacial score (nSPS) is 12.8. The van der Waals surface area contributed by atoms with Crippen LogP contribution in [0.5, 0.6) is 0 Å². The van der Waals surface area contributed by atoms with E-state index in [1.54, 1.807) is 12.1 Å². The van der Waals surface area contributed by atoms with E-state index >= 15 is 0 Å². The minimum absolute atomic E-state index is 0.325. The number of hydrazine groups is 1. The monoisotopic (exact) mass is 232 g/mol. The number of rotatable bonds is 5. The first kappa shape index (κ1) is 12.4. The molecule has 0 fully saturated rings. The van der Waals surface area contributed by atoms with Gasteiger partial charge in [-0.15, -0.1) is 0 Å². The third-order valence-corrected chi connectivity index (χ3v) is 2.26. The van der Waals surface area contributed by atoms with Gasteiger partial charge in [0, 0.05) is 17.2 Å². The minimum atomic E-state index is -0.384. The molecule has 1 atom stereocenters. The SMILES string of the molecule is CCOCC(NN)c1ccc(Cl)cc1F. The zero-order valence-corrected chi connectivity index (χ0v) is 9.22. The van der Waals surface area contributed by atoms with Crippen molar-refractivity contribution in [3.8, 4) is 0 Å². The highest BCUT2D eigenvalue weighted by atomic mass is 35.5. The van der Waals surface area contributed by atoms with Crippen molar-refractivity contribution in [3.63, 3.8) is 0 Å². The van der Waals surface area contributed by atoms with Crippen LogP contribution >= 0.6 is 11.6 Å². The first-order valence-corrected chi connectivity index (χ1v) is 5.05. The smallest absolute Gasteiger partial charge is 0.129 e. The average Bonchev–Trinajstić information content (AvgIpc) is 2.21. The van der Waals surface area contributed by atoms with Gasteiger partial charge in [0.05, 0.1) is 12.6 Å². The number of nitrogens with two attached hydrogens (primary N) is 1. The van der Waals surface area contributed by atoms with Gasteiger partial charge in [-0.2, -0.15) is 0 Å². The molecule has 0 aliphatic heterocycles. The molecule has 84 valence electrons. The molecule has 15 heavy (non-hydrogen) atoms. The molecular weight excluding hydrogens is 219 g/mol. The van der Waals surface area contributed by atoms with E-state index in [4.69, 9.17) is 22.2 Å². The maximum absolute atomic E-state index is 13.5. The highest BCUT2D eigenvalue weighted by Gasteiger charge is 2.14. The Kier molecular flexibility index (Phi) is 4.98. The number of hydrogen-bond acceptors (Lipinski definition) is 3. The van der Waals surface area contributed by atoms with E-state index in [0.29, 0.717) is 23.8 Å². The summed E-state index contributed by atoms with van der Waals surface area (Å²) in [6, 6.07) is 4.12. The molecule has 5 heteroatoms. The Morgan fingerprint density at radius 3 is 2.87 bits per heavy atom. The van der Waals surface area contributed by atoms with E-state index in [2.05, 4.69) is 5.43 Å². The molecular formula is C10H14ClFN2O. The standard InChI is InChI=1S/C10H14ClFN2O/c1-2-15-6-10(14-13)8-4-3-7(11)5-9(8)12/h3-5,10,14H,2,6,13H2,1H3. The molecule has 0 radical (unpaired) electrons. The Morgan fingerprint density at radius 1 is 1.60 bits per heavy atom. The molecule has 0 aliphatic rings. The zero-order chi connectivity index (χ0) is 11.3. The molecule has 3 nitrogen and oxygen atoms in total. The summed E-state index contributed by atoms with van der Waals surface area (Å²) >= 11 is 5.65. The summed E-state index contributed by atoms with van der Waals surface area (Å²) in [5.74, 6) is 4.94. The van der Waals surface area contributed by atoms with Crippen LogP contribution in [-0.2, 0) is 4.74 Å². The molecule has 0 spiro atoms. The fourth-order valence-electron chi connectivity index (χ4n) is 1.25. The van der Waals surface area contributed by atoms with Crippen molar-refractivity contribution in [1.82, 2.24) is 5.43 Å². The number of halogens is 2. The Morgan fingerprint density at radius 2 is 2.33 bits per heavy atom. The molecule has 0 bridgehead atoms. The molecule has 0 saturated heterocycles. The highest BCUT2D eigenvalue weighted by Crippen LogP contribution is 2.20. The van der Waals surface area contributed by atoms with Crippen molar-refractivity contribution in [2.45, 2.75) is 13.0 Å². The van der Waals surface area contributed by atoms with Gasteiger partial charge in [-0.05, 0) is 19.1 Å². The average molecular weight is 233 g/mol. The van der Waals surface area contributed by atoms with Crippen molar-refractivity contribution in [2.75, 3.05) is 13.2 Å². The van der Waals surface area contributed by atoms with E-state index in [-0.39, 0.29) is 11.9 Å². The molecule has 1 aromatic carbocycles. The van der Waals surface area contributed by atoms with Crippen LogP contribution in [0.1, 0.15) is 18.5 Å². The fourth-order valence-corrected chi connectivity index (χ4v) is 1.41. The van der Waals surface area contributed by atoms with Crippen molar-refractivity contribution in [3.05, 3.63) is 34.6 Å². The topological polar surface area (TPSA) is 47.3 Å². The zero-order valence-electron chi connectivity index (χ0n) is 8.47. The molecule has 0 heterocycles. The summed E-state index contributed by atoms with van der Waals surface area (Å²) in [4.78, 5) is 0. The Bertz CT molecular complexity index is 322. The predicted octanol–water partition coefficient (Wildman–Crippen LogP) is 2.02. The lowest BCUT2D eigenvalue weighted by Crippen LogP contribution is -2.32. The van der Waals surface area contributed by atoms with E-state index in [9.17, 15) is 4.39 Å². The molecule has 0 saturated carbocycles. The third-order valence-electron chi connectivity index (χ3n) is 2.03. The second-order valence-corrected chi connectivity index (χ2v) is 3.48. The van der Waals surface area contributed by atoms with Gasteiger partial charge in [-0.3, -0.25) is 11.3 Å². The highest BCUT2D eigenvalue weighted by molar-refractivity contribution is 6.30. The van der Waals surface area contributed by atoms with Crippen molar-refractivity contribution in [2.24, 2.45) is 5.84 Å².